The second-order valence-corrected chi connectivity index (χ2v) is 7.37. The highest BCUT2D eigenvalue weighted by Gasteiger charge is 2.27. The van der Waals surface area contributed by atoms with Crippen molar-refractivity contribution in [3.63, 3.8) is 0 Å². The van der Waals surface area contributed by atoms with Crippen LogP contribution in [-0.2, 0) is 0 Å². The van der Waals surface area contributed by atoms with Gasteiger partial charge in [-0.3, -0.25) is 4.79 Å². The molecule has 28 heavy (non-hydrogen) atoms. The molecule has 1 saturated heterocycles. The number of nitriles is 1. The monoisotopic (exact) mass is 399 g/mol. The molecule has 0 saturated carbocycles. The van der Waals surface area contributed by atoms with Crippen LogP contribution in [0.5, 0.6) is 0 Å². The van der Waals surface area contributed by atoms with E-state index in [2.05, 4.69) is 31.2 Å². The van der Waals surface area contributed by atoms with E-state index < -0.39 is 0 Å². The molecule has 3 heterocycles. The molecule has 0 aliphatic carbocycles. The van der Waals surface area contributed by atoms with E-state index in [-0.39, 0.29) is 17.8 Å². The van der Waals surface area contributed by atoms with Gasteiger partial charge < -0.3 is 15.1 Å². The van der Waals surface area contributed by atoms with Gasteiger partial charge in [-0.15, -0.1) is 0 Å². The fraction of sp³-hybridized carbons (Fsp3) is 0.421. The third-order valence-corrected chi connectivity index (χ3v) is 5.18. The third kappa shape index (κ3) is 3.85. The molecule has 9 heteroatoms. The molecule has 1 fully saturated rings. The van der Waals surface area contributed by atoms with E-state index in [9.17, 15) is 4.79 Å². The van der Waals surface area contributed by atoms with E-state index in [0.29, 0.717) is 22.9 Å². The number of nitrogens with zero attached hydrogens (tertiary/aromatic N) is 6. The summed E-state index contributed by atoms with van der Waals surface area (Å²) >= 11 is 6.25. The summed E-state index contributed by atoms with van der Waals surface area (Å²) in [6, 6.07) is 3.75. The van der Waals surface area contributed by atoms with Gasteiger partial charge in [0, 0.05) is 50.7 Å². The summed E-state index contributed by atoms with van der Waals surface area (Å²) in [4.78, 5) is 29.0. The van der Waals surface area contributed by atoms with Crippen LogP contribution in [0.2, 0.25) is 5.02 Å². The minimum atomic E-state index is -0.220. The quantitative estimate of drug-likeness (QED) is 0.842. The molecular weight excluding hydrogens is 378 g/mol. The van der Waals surface area contributed by atoms with E-state index in [1.54, 1.807) is 26.4 Å². The minimum absolute atomic E-state index is 0.0987. The Labute approximate surface area is 169 Å². The highest BCUT2D eigenvalue weighted by atomic mass is 35.5. The summed E-state index contributed by atoms with van der Waals surface area (Å²) in [5.74, 6) is 1.26. The Balaban J connectivity index is 1.81. The number of carbonyl (C=O) groups excluding carboxylic acids is 1. The molecule has 3 rings (SSSR count). The number of hydrogen-bond acceptors (Lipinski definition) is 7. The van der Waals surface area contributed by atoms with Crippen molar-refractivity contribution < 1.29 is 4.79 Å². The number of halogens is 1. The third-order valence-electron chi connectivity index (χ3n) is 4.80. The molecule has 0 radical (unpaired) electrons. The SMILES string of the molecule is Cc1nc(C(=O)N(C)C)nc(N2CC[C@@H](Nc3nccc(C#N)c3Cl)C2)c1C. The smallest absolute Gasteiger partial charge is 0.291 e. The molecule has 2 aromatic heterocycles. The Bertz CT molecular complexity index is 954. The summed E-state index contributed by atoms with van der Waals surface area (Å²) in [5.41, 5.74) is 2.14. The molecule has 1 aliphatic rings. The van der Waals surface area contributed by atoms with Crippen LogP contribution >= 0.6 is 11.6 Å². The van der Waals surface area contributed by atoms with Crippen LogP contribution in [0.3, 0.4) is 0 Å². The lowest BCUT2D eigenvalue weighted by Gasteiger charge is -2.22. The van der Waals surface area contributed by atoms with Crippen molar-refractivity contribution in [2.75, 3.05) is 37.4 Å². The highest BCUT2D eigenvalue weighted by Crippen LogP contribution is 2.28. The number of pyridine rings is 1. The van der Waals surface area contributed by atoms with Gasteiger partial charge >= 0.3 is 0 Å². The zero-order valence-corrected chi connectivity index (χ0v) is 17.1. The number of nitrogens with one attached hydrogen (secondary N) is 1. The van der Waals surface area contributed by atoms with Crippen LogP contribution in [0.15, 0.2) is 12.3 Å². The molecule has 1 aliphatic heterocycles. The first kappa shape index (κ1) is 19.8. The van der Waals surface area contributed by atoms with Crippen LogP contribution in [-0.4, -0.2) is 59.0 Å². The molecule has 0 unspecified atom stereocenters. The topological polar surface area (TPSA) is 98.0 Å². The summed E-state index contributed by atoms with van der Waals surface area (Å²) in [7, 11) is 3.37. The van der Waals surface area contributed by atoms with Crippen molar-refractivity contribution in [2.45, 2.75) is 26.3 Å². The van der Waals surface area contributed by atoms with E-state index in [4.69, 9.17) is 16.9 Å². The van der Waals surface area contributed by atoms with Gasteiger partial charge in [-0.05, 0) is 26.3 Å². The van der Waals surface area contributed by atoms with Crippen LogP contribution in [0.4, 0.5) is 11.6 Å². The van der Waals surface area contributed by atoms with E-state index in [1.807, 2.05) is 13.8 Å². The number of carbonyl (C=O) groups is 1. The molecule has 1 N–H and O–H groups in total. The van der Waals surface area contributed by atoms with Crippen molar-refractivity contribution in [2.24, 2.45) is 0 Å². The summed E-state index contributed by atoms with van der Waals surface area (Å²) in [5, 5.41) is 12.8. The molecular formula is C19H22ClN7O. The maximum absolute atomic E-state index is 12.3. The van der Waals surface area contributed by atoms with E-state index in [0.717, 1.165) is 30.0 Å². The molecule has 1 amide bonds. The number of anilines is 2. The van der Waals surface area contributed by atoms with Crippen LogP contribution in [0, 0.1) is 25.2 Å². The molecule has 2 aromatic rings. The van der Waals surface area contributed by atoms with Crippen LogP contribution in [0.25, 0.3) is 0 Å². The average Bonchev–Trinajstić information content (AvgIpc) is 3.13. The highest BCUT2D eigenvalue weighted by molar-refractivity contribution is 6.34. The first-order chi connectivity index (χ1) is 13.3. The Morgan fingerprint density at radius 2 is 2.14 bits per heavy atom. The minimum Gasteiger partial charge on any atom is -0.364 e. The van der Waals surface area contributed by atoms with Crippen molar-refractivity contribution in [1.82, 2.24) is 19.9 Å². The van der Waals surface area contributed by atoms with Gasteiger partial charge in [0.1, 0.15) is 22.7 Å². The number of hydrogen-bond donors (Lipinski definition) is 1. The number of rotatable bonds is 4. The van der Waals surface area contributed by atoms with Crippen molar-refractivity contribution in [1.29, 1.82) is 5.26 Å². The first-order valence-corrected chi connectivity index (χ1v) is 9.32. The number of aromatic nitrogens is 3. The number of aryl methyl sites for hydroxylation is 1. The van der Waals surface area contributed by atoms with Crippen LogP contribution < -0.4 is 10.2 Å². The zero-order valence-electron chi connectivity index (χ0n) is 16.3. The van der Waals surface area contributed by atoms with Gasteiger partial charge in [0.2, 0.25) is 5.82 Å². The fourth-order valence-corrected chi connectivity index (χ4v) is 3.32. The van der Waals surface area contributed by atoms with Gasteiger partial charge in [0.05, 0.1) is 5.56 Å². The Morgan fingerprint density at radius 1 is 1.39 bits per heavy atom. The molecule has 0 bridgehead atoms. The zero-order chi connectivity index (χ0) is 20.4. The van der Waals surface area contributed by atoms with Gasteiger partial charge in [-0.25, -0.2) is 15.0 Å². The lowest BCUT2D eigenvalue weighted by Crippen LogP contribution is -2.30. The molecule has 8 nitrogen and oxygen atoms in total. The van der Waals surface area contributed by atoms with Crippen molar-refractivity contribution in [3.05, 3.63) is 39.9 Å². The lowest BCUT2D eigenvalue weighted by molar-refractivity contribution is 0.0815. The second-order valence-electron chi connectivity index (χ2n) is 6.99. The van der Waals surface area contributed by atoms with Crippen molar-refractivity contribution >= 4 is 29.1 Å². The van der Waals surface area contributed by atoms with Gasteiger partial charge in [-0.1, -0.05) is 11.6 Å². The van der Waals surface area contributed by atoms with E-state index in [1.165, 1.54) is 4.90 Å². The van der Waals surface area contributed by atoms with Crippen molar-refractivity contribution in [3.8, 4) is 6.07 Å². The predicted octanol–water partition coefficient (Wildman–Crippen LogP) is 2.41. The Kier molecular flexibility index (Phi) is 5.66. The maximum Gasteiger partial charge on any atom is 0.291 e. The molecule has 0 aromatic carbocycles. The van der Waals surface area contributed by atoms with Crippen LogP contribution in [0.1, 0.15) is 33.9 Å². The summed E-state index contributed by atoms with van der Waals surface area (Å²) < 4.78 is 0. The molecule has 0 spiro atoms. The van der Waals surface area contributed by atoms with Gasteiger partial charge in [-0.2, -0.15) is 5.26 Å². The van der Waals surface area contributed by atoms with Gasteiger partial charge in [0.15, 0.2) is 0 Å². The second kappa shape index (κ2) is 7.98. The predicted molar refractivity (Wildman–Crippen MR) is 108 cm³/mol. The molecule has 146 valence electrons. The lowest BCUT2D eigenvalue weighted by atomic mass is 10.2. The standard InChI is InChI=1S/C19H22ClN7O/c1-11-12(2)23-17(19(28)26(3)4)25-18(11)27-8-6-14(10-27)24-16-15(20)13(9-21)5-7-22-16/h5,7,14H,6,8,10H2,1-4H3,(H,22,24)/t14-/m1/s1. The Hall–Kier alpha value is -2.92. The summed E-state index contributed by atoms with van der Waals surface area (Å²) in [6.07, 6.45) is 2.42. The largest absolute Gasteiger partial charge is 0.364 e. The maximum atomic E-state index is 12.3. The fourth-order valence-electron chi connectivity index (χ4n) is 3.11. The Morgan fingerprint density at radius 3 is 2.82 bits per heavy atom. The van der Waals surface area contributed by atoms with E-state index >= 15 is 0 Å². The summed E-state index contributed by atoms with van der Waals surface area (Å²) in [6.45, 7) is 5.31. The van der Waals surface area contributed by atoms with Gasteiger partial charge in [0.25, 0.3) is 5.91 Å². The first-order valence-electron chi connectivity index (χ1n) is 8.94. The normalized spacial score (nSPS) is 16.0. The molecule has 1 atom stereocenters. The number of amides is 1. The average molecular weight is 400 g/mol.